The number of benzene rings is 1. The van der Waals surface area contributed by atoms with Crippen LogP contribution in [0.15, 0.2) is 48.8 Å². The lowest BCUT2D eigenvalue weighted by atomic mass is 10.3. The van der Waals surface area contributed by atoms with Gasteiger partial charge >= 0.3 is 0 Å². The number of amides is 1. The number of hydrogen-bond donors (Lipinski definition) is 1. The molecule has 0 fully saturated rings. The minimum Gasteiger partial charge on any atom is -0.497 e. The molecule has 0 saturated carbocycles. The zero-order chi connectivity index (χ0) is 18.1. The molecule has 0 unspecified atom stereocenters. The maximum absolute atomic E-state index is 12.5. The summed E-state index contributed by atoms with van der Waals surface area (Å²) in [6, 6.07) is 10.5. The summed E-state index contributed by atoms with van der Waals surface area (Å²) in [6.45, 7) is 0. The van der Waals surface area contributed by atoms with Crippen LogP contribution in [0.2, 0.25) is 0 Å². The number of hydrogen-bond acceptors (Lipinski definition) is 6. The molecule has 8 heteroatoms. The summed E-state index contributed by atoms with van der Waals surface area (Å²) in [4.78, 5) is 25.3. The van der Waals surface area contributed by atoms with Gasteiger partial charge in [-0.15, -0.1) is 0 Å². The zero-order valence-electron chi connectivity index (χ0n) is 14.1. The molecule has 130 valence electrons. The van der Waals surface area contributed by atoms with Gasteiger partial charge < -0.3 is 14.8 Å². The van der Waals surface area contributed by atoms with E-state index in [9.17, 15) is 4.79 Å². The van der Waals surface area contributed by atoms with Gasteiger partial charge in [0.2, 0.25) is 11.7 Å². The fourth-order valence-corrected chi connectivity index (χ4v) is 2.63. The van der Waals surface area contributed by atoms with Gasteiger partial charge in [0, 0.05) is 30.2 Å². The van der Waals surface area contributed by atoms with Crippen molar-refractivity contribution in [3.8, 4) is 11.6 Å². The molecule has 4 aromatic rings. The van der Waals surface area contributed by atoms with Crippen molar-refractivity contribution in [3.63, 3.8) is 0 Å². The Kier molecular flexibility index (Phi) is 3.85. The van der Waals surface area contributed by atoms with E-state index in [1.165, 1.54) is 7.11 Å². The average molecular weight is 349 g/mol. The SMILES string of the molecule is COc1ccc2c(c1)nc1nc(C(=O)Nc3ccnc(OC)c3)ccn12. The second-order valence-electron chi connectivity index (χ2n) is 5.49. The van der Waals surface area contributed by atoms with E-state index in [0.29, 0.717) is 23.1 Å². The molecule has 3 heterocycles. The van der Waals surface area contributed by atoms with E-state index in [4.69, 9.17) is 9.47 Å². The third-order valence-electron chi connectivity index (χ3n) is 3.91. The highest BCUT2D eigenvalue weighted by atomic mass is 16.5. The topological polar surface area (TPSA) is 90.6 Å². The van der Waals surface area contributed by atoms with E-state index in [1.54, 1.807) is 37.7 Å². The molecule has 0 spiro atoms. The first-order chi connectivity index (χ1) is 12.7. The maximum Gasteiger partial charge on any atom is 0.274 e. The molecular weight excluding hydrogens is 334 g/mol. The summed E-state index contributed by atoms with van der Waals surface area (Å²) in [5.41, 5.74) is 2.46. The van der Waals surface area contributed by atoms with Gasteiger partial charge in [-0.05, 0) is 24.3 Å². The lowest BCUT2D eigenvalue weighted by molar-refractivity contribution is 0.102. The number of methoxy groups -OCH3 is 2. The highest BCUT2D eigenvalue weighted by Gasteiger charge is 2.12. The Bertz CT molecular complexity index is 1120. The average Bonchev–Trinajstić information content (AvgIpc) is 3.04. The molecule has 0 atom stereocenters. The largest absolute Gasteiger partial charge is 0.497 e. The van der Waals surface area contributed by atoms with Crippen LogP contribution in [0.3, 0.4) is 0 Å². The van der Waals surface area contributed by atoms with Crippen LogP contribution in [0.4, 0.5) is 5.69 Å². The molecule has 0 aliphatic rings. The van der Waals surface area contributed by atoms with Gasteiger partial charge in [-0.2, -0.15) is 0 Å². The Morgan fingerprint density at radius 3 is 2.77 bits per heavy atom. The lowest BCUT2D eigenvalue weighted by Crippen LogP contribution is -2.14. The Labute approximate surface area is 148 Å². The van der Waals surface area contributed by atoms with Crippen molar-refractivity contribution in [3.05, 3.63) is 54.5 Å². The number of ether oxygens (including phenoxy) is 2. The number of imidazole rings is 1. The minimum absolute atomic E-state index is 0.260. The Balaban J connectivity index is 1.67. The molecule has 0 aliphatic heterocycles. The zero-order valence-corrected chi connectivity index (χ0v) is 14.1. The van der Waals surface area contributed by atoms with Crippen molar-refractivity contribution in [1.82, 2.24) is 19.4 Å². The smallest absolute Gasteiger partial charge is 0.274 e. The van der Waals surface area contributed by atoms with Crippen molar-refractivity contribution in [2.45, 2.75) is 0 Å². The van der Waals surface area contributed by atoms with E-state index in [-0.39, 0.29) is 11.6 Å². The number of pyridine rings is 1. The number of fused-ring (bicyclic) bond motifs is 3. The first-order valence-corrected chi connectivity index (χ1v) is 7.82. The Hall–Kier alpha value is -3.68. The van der Waals surface area contributed by atoms with E-state index in [0.717, 1.165) is 11.0 Å². The monoisotopic (exact) mass is 349 g/mol. The van der Waals surface area contributed by atoms with E-state index < -0.39 is 0 Å². The van der Waals surface area contributed by atoms with Crippen molar-refractivity contribution in [2.24, 2.45) is 0 Å². The summed E-state index contributed by atoms with van der Waals surface area (Å²) in [7, 11) is 3.12. The van der Waals surface area contributed by atoms with E-state index in [2.05, 4.69) is 20.3 Å². The summed E-state index contributed by atoms with van der Waals surface area (Å²) < 4.78 is 12.1. The van der Waals surface area contributed by atoms with Crippen LogP contribution in [0.1, 0.15) is 10.5 Å². The molecule has 0 radical (unpaired) electrons. The molecule has 3 aromatic heterocycles. The first-order valence-electron chi connectivity index (χ1n) is 7.82. The highest BCUT2D eigenvalue weighted by Crippen LogP contribution is 2.21. The molecule has 0 bridgehead atoms. The third-order valence-corrected chi connectivity index (χ3v) is 3.91. The molecular formula is C18H15N5O3. The minimum atomic E-state index is -0.342. The number of nitrogens with one attached hydrogen (secondary N) is 1. The van der Waals surface area contributed by atoms with Gasteiger partial charge in [-0.1, -0.05) is 0 Å². The van der Waals surface area contributed by atoms with E-state index in [1.807, 2.05) is 22.6 Å². The van der Waals surface area contributed by atoms with Crippen LogP contribution in [0.25, 0.3) is 16.8 Å². The van der Waals surface area contributed by atoms with Gasteiger partial charge in [0.05, 0.1) is 25.3 Å². The van der Waals surface area contributed by atoms with Crippen LogP contribution < -0.4 is 14.8 Å². The molecule has 8 nitrogen and oxygen atoms in total. The third kappa shape index (κ3) is 2.77. The summed E-state index contributed by atoms with van der Waals surface area (Å²) >= 11 is 0. The second-order valence-corrected chi connectivity index (χ2v) is 5.49. The Morgan fingerprint density at radius 1 is 1.08 bits per heavy atom. The van der Waals surface area contributed by atoms with Gasteiger partial charge in [0.25, 0.3) is 5.91 Å². The molecule has 4 rings (SSSR count). The van der Waals surface area contributed by atoms with Crippen LogP contribution in [-0.2, 0) is 0 Å². The molecule has 1 aromatic carbocycles. The quantitative estimate of drug-likeness (QED) is 0.609. The Morgan fingerprint density at radius 2 is 1.96 bits per heavy atom. The predicted molar refractivity (Wildman–Crippen MR) is 95.8 cm³/mol. The van der Waals surface area contributed by atoms with Gasteiger partial charge in [-0.25, -0.2) is 15.0 Å². The number of anilines is 1. The number of carbonyl (C=O) groups excluding carboxylic acids is 1. The van der Waals surface area contributed by atoms with Crippen LogP contribution in [0, 0.1) is 0 Å². The van der Waals surface area contributed by atoms with Crippen molar-refractivity contribution >= 4 is 28.4 Å². The number of nitrogens with zero attached hydrogens (tertiary/aromatic N) is 4. The molecule has 1 amide bonds. The van der Waals surface area contributed by atoms with Gasteiger partial charge in [-0.3, -0.25) is 9.20 Å². The normalized spacial score (nSPS) is 10.8. The highest BCUT2D eigenvalue weighted by molar-refractivity contribution is 6.03. The molecule has 26 heavy (non-hydrogen) atoms. The van der Waals surface area contributed by atoms with Crippen LogP contribution in [-0.4, -0.2) is 39.5 Å². The molecule has 1 N–H and O–H groups in total. The van der Waals surface area contributed by atoms with Crippen LogP contribution >= 0.6 is 0 Å². The fraction of sp³-hybridized carbons (Fsp3) is 0.111. The molecule has 0 aliphatic carbocycles. The number of aromatic nitrogens is 4. The first kappa shape index (κ1) is 15.8. The van der Waals surface area contributed by atoms with Crippen molar-refractivity contribution < 1.29 is 14.3 Å². The number of carbonyl (C=O) groups is 1. The van der Waals surface area contributed by atoms with E-state index >= 15 is 0 Å². The van der Waals surface area contributed by atoms with Gasteiger partial charge in [0.1, 0.15) is 11.4 Å². The fourth-order valence-electron chi connectivity index (χ4n) is 2.63. The predicted octanol–water partition coefficient (Wildman–Crippen LogP) is 2.55. The van der Waals surface area contributed by atoms with Crippen molar-refractivity contribution in [1.29, 1.82) is 0 Å². The standard InChI is InChI=1S/C18H15N5O3/c1-25-12-3-4-15-14(10-12)22-18-21-13(6-8-23(15)18)17(24)20-11-5-7-19-16(9-11)26-2/h3-10H,1-2H3,(H,19,20,24). The number of rotatable bonds is 4. The maximum atomic E-state index is 12.5. The summed E-state index contributed by atoms with van der Waals surface area (Å²) in [5.74, 6) is 1.23. The lowest BCUT2D eigenvalue weighted by Gasteiger charge is -2.06. The summed E-state index contributed by atoms with van der Waals surface area (Å²) in [5, 5.41) is 2.77. The van der Waals surface area contributed by atoms with Crippen LogP contribution in [0.5, 0.6) is 11.6 Å². The van der Waals surface area contributed by atoms with Gasteiger partial charge in [0.15, 0.2) is 0 Å². The second kappa shape index (κ2) is 6.32. The van der Waals surface area contributed by atoms with Crippen molar-refractivity contribution in [2.75, 3.05) is 19.5 Å². The molecule has 0 saturated heterocycles. The summed E-state index contributed by atoms with van der Waals surface area (Å²) in [6.07, 6.45) is 3.33.